The minimum absolute atomic E-state index is 0.0359. The first kappa shape index (κ1) is 15.5. The average molecular weight is 292 g/mol. The van der Waals surface area contributed by atoms with Gasteiger partial charge in [0.15, 0.2) is 0 Å². The molecule has 21 heavy (non-hydrogen) atoms. The Morgan fingerprint density at radius 1 is 1.38 bits per heavy atom. The Hall–Kier alpha value is -1.91. The summed E-state index contributed by atoms with van der Waals surface area (Å²) in [6.07, 6.45) is 4.13. The molecular weight excluding hydrogens is 271 g/mol. The second-order valence-electron chi connectivity index (χ2n) is 5.34. The quantitative estimate of drug-likeness (QED) is 0.926. The molecule has 5 heteroatoms. The topological polar surface area (TPSA) is 49.4 Å². The molecule has 1 aromatic carbocycles. The molecule has 0 spiro atoms. The first-order valence-corrected chi connectivity index (χ1v) is 7.45. The predicted octanol–water partition coefficient (Wildman–Crippen LogP) is 2.35. The van der Waals surface area contributed by atoms with Crippen LogP contribution < -0.4 is 5.32 Å². The third-order valence-electron chi connectivity index (χ3n) is 3.91. The molecule has 1 aromatic rings. The number of likely N-dealkylation sites (tertiary alicyclic amines) is 1. The van der Waals surface area contributed by atoms with Crippen molar-refractivity contribution in [1.82, 2.24) is 10.2 Å². The van der Waals surface area contributed by atoms with Gasteiger partial charge in [0.25, 0.3) is 5.91 Å². The van der Waals surface area contributed by atoms with E-state index < -0.39 is 11.7 Å². The number of rotatable bonds is 4. The number of carbonyl (C=O) groups excluding carboxylic acids is 2. The smallest absolute Gasteiger partial charge is 0.251 e. The van der Waals surface area contributed by atoms with Gasteiger partial charge in [-0.2, -0.15) is 0 Å². The van der Waals surface area contributed by atoms with E-state index in [-0.39, 0.29) is 24.1 Å². The number of carbonyl (C=O) groups is 2. The molecule has 0 aromatic heterocycles. The lowest BCUT2D eigenvalue weighted by Crippen LogP contribution is -2.47. The summed E-state index contributed by atoms with van der Waals surface area (Å²) >= 11 is 0. The monoisotopic (exact) mass is 292 g/mol. The van der Waals surface area contributed by atoms with Crippen molar-refractivity contribution in [2.24, 2.45) is 0 Å². The van der Waals surface area contributed by atoms with E-state index in [2.05, 4.69) is 12.2 Å². The summed E-state index contributed by atoms with van der Waals surface area (Å²) in [6.45, 7) is 2.79. The van der Waals surface area contributed by atoms with Crippen molar-refractivity contribution in [2.75, 3.05) is 13.1 Å². The molecule has 1 atom stereocenters. The summed E-state index contributed by atoms with van der Waals surface area (Å²) in [5.41, 5.74) is 0.230. The number of amides is 2. The number of nitrogens with zero attached hydrogens (tertiary/aromatic N) is 1. The van der Waals surface area contributed by atoms with Crippen LogP contribution in [-0.4, -0.2) is 35.8 Å². The Morgan fingerprint density at radius 2 is 2.19 bits per heavy atom. The number of nitrogens with one attached hydrogen (secondary N) is 1. The maximum atomic E-state index is 13.1. The molecule has 1 aliphatic rings. The van der Waals surface area contributed by atoms with E-state index in [0.717, 1.165) is 38.3 Å². The Bertz CT molecular complexity index is 519. The van der Waals surface area contributed by atoms with Crippen molar-refractivity contribution in [3.63, 3.8) is 0 Å². The lowest BCUT2D eigenvalue weighted by atomic mass is 10.00. The van der Waals surface area contributed by atoms with Crippen LogP contribution in [0.15, 0.2) is 24.3 Å². The number of benzene rings is 1. The van der Waals surface area contributed by atoms with E-state index in [1.165, 1.54) is 18.2 Å². The second kappa shape index (κ2) is 7.20. The SMILES string of the molecule is CCC1CCCCN1C(=O)CNC(=O)c1cccc(F)c1. The van der Waals surface area contributed by atoms with E-state index in [4.69, 9.17) is 0 Å². The van der Waals surface area contributed by atoms with E-state index in [0.29, 0.717) is 0 Å². The Morgan fingerprint density at radius 3 is 2.90 bits per heavy atom. The Balaban J connectivity index is 1.90. The van der Waals surface area contributed by atoms with E-state index in [1.807, 2.05) is 4.90 Å². The largest absolute Gasteiger partial charge is 0.343 e. The minimum atomic E-state index is -0.462. The Labute approximate surface area is 124 Å². The molecule has 0 saturated carbocycles. The van der Waals surface area contributed by atoms with Crippen LogP contribution in [0.4, 0.5) is 4.39 Å². The lowest BCUT2D eigenvalue weighted by molar-refractivity contribution is -0.133. The van der Waals surface area contributed by atoms with Gasteiger partial charge in [-0.05, 0) is 43.9 Å². The van der Waals surface area contributed by atoms with Crippen molar-refractivity contribution < 1.29 is 14.0 Å². The van der Waals surface area contributed by atoms with Gasteiger partial charge in [-0.3, -0.25) is 9.59 Å². The van der Waals surface area contributed by atoms with Gasteiger partial charge >= 0.3 is 0 Å². The standard InChI is InChI=1S/C16H21FN2O2/c1-2-14-8-3-4-9-19(14)15(20)11-18-16(21)12-6-5-7-13(17)10-12/h5-7,10,14H,2-4,8-9,11H2,1H3,(H,18,21). The first-order valence-electron chi connectivity index (χ1n) is 7.45. The highest BCUT2D eigenvalue weighted by molar-refractivity contribution is 5.96. The van der Waals surface area contributed by atoms with Gasteiger partial charge < -0.3 is 10.2 Å². The third kappa shape index (κ3) is 4.03. The highest BCUT2D eigenvalue weighted by Gasteiger charge is 2.25. The van der Waals surface area contributed by atoms with Gasteiger partial charge in [-0.15, -0.1) is 0 Å². The molecule has 0 aliphatic carbocycles. The van der Waals surface area contributed by atoms with E-state index in [1.54, 1.807) is 0 Å². The van der Waals surface area contributed by atoms with Crippen LogP contribution in [0.25, 0.3) is 0 Å². The van der Waals surface area contributed by atoms with Gasteiger partial charge in [0.1, 0.15) is 5.82 Å². The fraction of sp³-hybridized carbons (Fsp3) is 0.500. The summed E-state index contributed by atoms with van der Waals surface area (Å²) in [5, 5.41) is 2.57. The summed E-state index contributed by atoms with van der Waals surface area (Å²) in [5.74, 6) is -0.949. The fourth-order valence-electron chi connectivity index (χ4n) is 2.74. The Kier molecular flexibility index (Phi) is 5.31. The molecule has 0 bridgehead atoms. The molecule has 1 saturated heterocycles. The summed E-state index contributed by atoms with van der Waals surface area (Å²) < 4.78 is 13.1. The van der Waals surface area contributed by atoms with Crippen LogP contribution in [0.2, 0.25) is 0 Å². The van der Waals surface area contributed by atoms with Crippen molar-refractivity contribution in [3.05, 3.63) is 35.6 Å². The van der Waals surface area contributed by atoms with Crippen LogP contribution in [0, 0.1) is 5.82 Å². The number of piperidine rings is 1. The summed E-state index contributed by atoms with van der Waals surface area (Å²) in [7, 11) is 0. The van der Waals surface area contributed by atoms with Crippen LogP contribution in [0.3, 0.4) is 0 Å². The number of hydrogen-bond donors (Lipinski definition) is 1. The van der Waals surface area contributed by atoms with E-state index >= 15 is 0 Å². The fourth-order valence-corrected chi connectivity index (χ4v) is 2.74. The van der Waals surface area contributed by atoms with Gasteiger partial charge in [-0.1, -0.05) is 13.0 Å². The molecule has 1 unspecified atom stereocenters. The van der Waals surface area contributed by atoms with Crippen molar-refractivity contribution in [1.29, 1.82) is 0 Å². The highest BCUT2D eigenvalue weighted by Crippen LogP contribution is 2.19. The van der Waals surface area contributed by atoms with Crippen LogP contribution in [-0.2, 0) is 4.79 Å². The molecule has 4 nitrogen and oxygen atoms in total. The molecular formula is C16H21FN2O2. The molecule has 2 amide bonds. The highest BCUT2D eigenvalue weighted by atomic mass is 19.1. The van der Waals surface area contributed by atoms with Gasteiger partial charge in [0.05, 0.1) is 6.54 Å². The van der Waals surface area contributed by atoms with Crippen LogP contribution in [0.1, 0.15) is 43.0 Å². The minimum Gasteiger partial charge on any atom is -0.343 e. The average Bonchev–Trinajstić information content (AvgIpc) is 2.52. The van der Waals surface area contributed by atoms with Crippen molar-refractivity contribution in [2.45, 2.75) is 38.6 Å². The zero-order valence-corrected chi connectivity index (χ0v) is 12.3. The number of hydrogen-bond acceptors (Lipinski definition) is 2. The first-order chi connectivity index (χ1) is 10.1. The zero-order valence-electron chi connectivity index (χ0n) is 12.3. The van der Waals surface area contributed by atoms with E-state index in [9.17, 15) is 14.0 Å². The zero-order chi connectivity index (χ0) is 15.2. The molecule has 1 heterocycles. The van der Waals surface area contributed by atoms with Crippen molar-refractivity contribution >= 4 is 11.8 Å². The van der Waals surface area contributed by atoms with Crippen molar-refractivity contribution in [3.8, 4) is 0 Å². The maximum absolute atomic E-state index is 13.1. The van der Waals surface area contributed by atoms with Gasteiger partial charge in [-0.25, -0.2) is 4.39 Å². The van der Waals surface area contributed by atoms with Crippen LogP contribution >= 0.6 is 0 Å². The second-order valence-corrected chi connectivity index (χ2v) is 5.34. The maximum Gasteiger partial charge on any atom is 0.251 e. The molecule has 2 rings (SSSR count). The van der Waals surface area contributed by atoms with Gasteiger partial charge in [0.2, 0.25) is 5.91 Å². The third-order valence-corrected chi connectivity index (χ3v) is 3.91. The molecule has 1 N–H and O–H groups in total. The normalized spacial score (nSPS) is 18.4. The molecule has 1 fully saturated rings. The number of halogens is 1. The molecule has 0 radical (unpaired) electrons. The molecule has 114 valence electrons. The lowest BCUT2D eigenvalue weighted by Gasteiger charge is -2.35. The molecule has 1 aliphatic heterocycles. The van der Waals surface area contributed by atoms with Gasteiger partial charge in [0, 0.05) is 18.2 Å². The summed E-state index contributed by atoms with van der Waals surface area (Å²) in [4.78, 5) is 26.0. The van der Waals surface area contributed by atoms with Crippen LogP contribution in [0.5, 0.6) is 0 Å². The predicted molar refractivity (Wildman–Crippen MR) is 78.4 cm³/mol. The summed E-state index contributed by atoms with van der Waals surface area (Å²) in [6, 6.07) is 5.72.